The fraction of sp³-hybridized carbons (Fsp3) is 0.158. The maximum atomic E-state index is 12.1. The number of urea groups is 1. The topological polar surface area (TPSA) is 58.6 Å². The van der Waals surface area contributed by atoms with Crippen LogP contribution in [0.3, 0.4) is 0 Å². The van der Waals surface area contributed by atoms with Crippen molar-refractivity contribution < 1.29 is 14.3 Å². The lowest BCUT2D eigenvalue weighted by Gasteiger charge is -2.08. The van der Waals surface area contributed by atoms with E-state index in [-0.39, 0.29) is 11.6 Å². The molecule has 2 aromatic carbocycles. The second kappa shape index (κ2) is 7.81. The number of halogens is 2. The maximum Gasteiger partial charge on any atom is 0.328 e. The molecule has 0 atom stereocenters. The summed E-state index contributed by atoms with van der Waals surface area (Å²) in [6, 6.07) is 12.1. The summed E-state index contributed by atoms with van der Waals surface area (Å²) in [5.41, 5.74) is 1.96. The summed E-state index contributed by atoms with van der Waals surface area (Å²) < 4.78 is 5.72. The van der Waals surface area contributed by atoms with E-state index in [1.807, 2.05) is 18.2 Å². The lowest BCUT2D eigenvalue weighted by molar-refractivity contribution is -0.122. The maximum absolute atomic E-state index is 12.1. The number of hydrogen-bond donors (Lipinski definition) is 1. The first kappa shape index (κ1) is 18.3. The summed E-state index contributed by atoms with van der Waals surface area (Å²) >= 11 is 11.9. The predicted molar refractivity (Wildman–Crippen MR) is 101 cm³/mol. The highest BCUT2D eigenvalue weighted by molar-refractivity contribution is 6.42. The highest BCUT2D eigenvalue weighted by Gasteiger charge is 2.31. The van der Waals surface area contributed by atoms with E-state index in [1.165, 1.54) is 0 Å². The van der Waals surface area contributed by atoms with E-state index in [9.17, 15) is 9.59 Å². The van der Waals surface area contributed by atoms with Gasteiger partial charge in [-0.2, -0.15) is 0 Å². The molecule has 2 aromatic rings. The smallest absolute Gasteiger partial charge is 0.328 e. The Morgan fingerprint density at radius 3 is 2.42 bits per heavy atom. The largest absolute Gasteiger partial charge is 0.489 e. The van der Waals surface area contributed by atoms with Crippen LogP contribution in [0.1, 0.15) is 18.1 Å². The normalized spacial score (nSPS) is 15.5. The SMILES string of the molecule is CCN1C(=O)N/C(=C/c2ccc(OCc3ccc(Cl)c(Cl)c3)cc2)C1=O. The first-order chi connectivity index (χ1) is 12.5. The summed E-state index contributed by atoms with van der Waals surface area (Å²) in [6.07, 6.45) is 1.64. The molecule has 1 heterocycles. The summed E-state index contributed by atoms with van der Waals surface area (Å²) in [6.45, 7) is 2.45. The zero-order valence-corrected chi connectivity index (χ0v) is 15.5. The molecule has 7 heteroatoms. The van der Waals surface area contributed by atoms with Crippen LogP contribution in [-0.4, -0.2) is 23.4 Å². The van der Waals surface area contributed by atoms with Gasteiger partial charge in [0.25, 0.3) is 5.91 Å². The number of nitrogens with zero attached hydrogens (tertiary/aromatic N) is 1. The van der Waals surface area contributed by atoms with Gasteiger partial charge in [-0.05, 0) is 48.4 Å². The fourth-order valence-corrected chi connectivity index (χ4v) is 2.80. The number of imide groups is 1. The van der Waals surface area contributed by atoms with Gasteiger partial charge in [-0.25, -0.2) is 4.79 Å². The number of carbonyl (C=O) groups is 2. The van der Waals surface area contributed by atoms with Crippen molar-refractivity contribution >= 4 is 41.2 Å². The average molecular weight is 391 g/mol. The van der Waals surface area contributed by atoms with Gasteiger partial charge in [0.15, 0.2) is 0 Å². The predicted octanol–water partition coefficient (Wildman–Crippen LogP) is 4.49. The molecule has 1 N–H and O–H groups in total. The molecule has 3 amide bonds. The number of nitrogens with one attached hydrogen (secondary N) is 1. The van der Waals surface area contributed by atoms with Gasteiger partial charge < -0.3 is 10.1 Å². The van der Waals surface area contributed by atoms with Crippen LogP contribution in [0.2, 0.25) is 10.0 Å². The molecule has 0 radical (unpaired) electrons. The highest BCUT2D eigenvalue weighted by atomic mass is 35.5. The monoisotopic (exact) mass is 390 g/mol. The van der Waals surface area contributed by atoms with Crippen molar-refractivity contribution in [2.45, 2.75) is 13.5 Å². The van der Waals surface area contributed by atoms with Gasteiger partial charge >= 0.3 is 6.03 Å². The van der Waals surface area contributed by atoms with E-state index < -0.39 is 6.03 Å². The van der Waals surface area contributed by atoms with Crippen LogP contribution in [0.25, 0.3) is 6.08 Å². The standard InChI is InChI=1S/C19H16Cl2N2O3/c1-2-23-18(24)17(22-19(23)25)10-12-3-6-14(7-4-12)26-11-13-5-8-15(20)16(21)9-13/h3-10H,2,11H2,1H3,(H,22,25)/b17-10+. The van der Waals surface area contributed by atoms with Crippen LogP contribution < -0.4 is 10.1 Å². The van der Waals surface area contributed by atoms with Crippen LogP contribution in [0.4, 0.5) is 4.79 Å². The zero-order valence-electron chi connectivity index (χ0n) is 14.0. The molecule has 1 aliphatic rings. The van der Waals surface area contributed by atoms with Crippen LogP contribution in [0.5, 0.6) is 5.75 Å². The molecule has 0 saturated carbocycles. The second-order valence-corrected chi connectivity index (χ2v) is 6.46. The number of rotatable bonds is 5. The van der Waals surface area contributed by atoms with Crippen molar-refractivity contribution in [3.63, 3.8) is 0 Å². The third-order valence-electron chi connectivity index (χ3n) is 3.86. The van der Waals surface area contributed by atoms with Crippen molar-refractivity contribution in [2.24, 2.45) is 0 Å². The molecule has 5 nitrogen and oxygen atoms in total. The molecular formula is C19H16Cl2N2O3. The molecule has 1 saturated heterocycles. The molecule has 1 aliphatic heterocycles. The van der Waals surface area contributed by atoms with E-state index in [1.54, 1.807) is 37.3 Å². The molecule has 0 aliphatic carbocycles. The van der Waals surface area contributed by atoms with Gasteiger partial charge in [0.1, 0.15) is 18.1 Å². The van der Waals surface area contributed by atoms with Crippen molar-refractivity contribution in [2.75, 3.05) is 6.54 Å². The number of benzene rings is 2. The van der Waals surface area contributed by atoms with Gasteiger partial charge in [-0.3, -0.25) is 9.69 Å². The van der Waals surface area contributed by atoms with Crippen molar-refractivity contribution in [3.8, 4) is 5.75 Å². The Kier molecular flexibility index (Phi) is 5.49. The van der Waals surface area contributed by atoms with E-state index in [0.29, 0.717) is 28.9 Å². The van der Waals surface area contributed by atoms with E-state index in [4.69, 9.17) is 27.9 Å². The molecule has 1 fully saturated rings. The Labute approximate surface area is 161 Å². The first-order valence-electron chi connectivity index (χ1n) is 7.99. The van der Waals surface area contributed by atoms with Crippen LogP contribution >= 0.6 is 23.2 Å². The lowest BCUT2D eigenvalue weighted by Crippen LogP contribution is -2.30. The number of hydrogen-bond acceptors (Lipinski definition) is 3. The minimum atomic E-state index is -0.398. The van der Waals surface area contributed by atoms with Crippen molar-refractivity contribution in [3.05, 3.63) is 69.3 Å². The molecule has 134 valence electrons. The minimum Gasteiger partial charge on any atom is -0.489 e. The summed E-state index contributed by atoms with van der Waals surface area (Å²) in [5, 5.41) is 3.56. The van der Waals surface area contributed by atoms with Gasteiger partial charge in [-0.1, -0.05) is 41.4 Å². The summed E-state index contributed by atoms with van der Waals surface area (Å²) in [5.74, 6) is 0.354. The number of likely N-dealkylation sites (N-methyl/N-ethyl adjacent to an activating group) is 1. The van der Waals surface area contributed by atoms with Gasteiger partial charge in [0, 0.05) is 6.54 Å². The number of ether oxygens (including phenoxy) is 1. The second-order valence-electron chi connectivity index (χ2n) is 5.64. The molecule has 0 aromatic heterocycles. The van der Waals surface area contributed by atoms with E-state index in [0.717, 1.165) is 16.0 Å². The quantitative estimate of drug-likeness (QED) is 0.604. The first-order valence-corrected chi connectivity index (χ1v) is 8.75. The summed E-state index contributed by atoms with van der Waals surface area (Å²) in [7, 11) is 0. The van der Waals surface area contributed by atoms with E-state index in [2.05, 4.69) is 5.32 Å². The van der Waals surface area contributed by atoms with Crippen molar-refractivity contribution in [1.29, 1.82) is 0 Å². The van der Waals surface area contributed by atoms with Gasteiger partial charge in [-0.15, -0.1) is 0 Å². The Morgan fingerprint density at radius 2 is 1.81 bits per heavy atom. The number of amides is 3. The third kappa shape index (κ3) is 4.00. The number of carbonyl (C=O) groups excluding carboxylic acids is 2. The third-order valence-corrected chi connectivity index (χ3v) is 4.60. The Bertz CT molecular complexity index is 879. The van der Waals surface area contributed by atoms with Crippen LogP contribution in [0.15, 0.2) is 48.2 Å². The van der Waals surface area contributed by atoms with Gasteiger partial charge in [0.2, 0.25) is 0 Å². The summed E-state index contributed by atoms with van der Waals surface area (Å²) in [4.78, 5) is 24.9. The molecule has 3 rings (SSSR count). The van der Waals surface area contributed by atoms with E-state index >= 15 is 0 Å². The van der Waals surface area contributed by atoms with Crippen molar-refractivity contribution in [1.82, 2.24) is 10.2 Å². The lowest BCUT2D eigenvalue weighted by atomic mass is 10.2. The van der Waals surface area contributed by atoms with Crippen LogP contribution in [0, 0.1) is 0 Å². The Hall–Kier alpha value is -2.50. The van der Waals surface area contributed by atoms with Gasteiger partial charge in [0.05, 0.1) is 10.0 Å². The highest BCUT2D eigenvalue weighted by Crippen LogP contribution is 2.24. The molecular weight excluding hydrogens is 375 g/mol. The Balaban J connectivity index is 1.65. The molecule has 26 heavy (non-hydrogen) atoms. The molecule has 0 unspecified atom stereocenters. The molecule has 0 spiro atoms. The molecule has 0 bridgehead atoms. The fourth-order valence-electron chi connectivity index (χ4n) is 2.48. The van der Waals surface area contributed by atoms with Crippen LogP contribution in [-0.2, 0) is 11.4 Å². The zero-order chi connectivity index (χ0) is 18.7. The average Bonchev–Trinajstić information content (AvgIpc) is 2.90. The Morgan fingerprint density at radius 1 is 1.08 bits per heavy atom. The minimum absolute atomic E-state index is 0.265.